The first-order valence-electron chi connectivity index (χ1n) is 5.91. The van der Waals surface area contributed by atoms with Crippen LogP contribution >= 0.6 is 11.8 Å². The van der Waals surface area contributed by atoms with Crippen LogP contribution in [0.3, 0.4) is 0 Å². The minimum Gasteiger partial charge on any atom is -0.399 e. The molecule has 16 heavy (non-hydrogen) atoms. The molecular formula is C13H20N2S. The average molecular weight is 236 g/mol. The van der Waals surface area contributed by atoms with Crippen LogP contribution in [0.4, 0.5) is 5.69 Å². The summed E-state index contributed by atoms with van der Waals surface area (Å²) >= 11 is 2.07. The topological polar surface area (TPSA) is 29.3 Å². The fourth-order valence-corrected chi connectivity index (χ4v) is 3.00. The molecule has 2 nitrogen and oxygen atoms in total. The molecule has 3 heteroatoms. The minimum absolute atomic E-state index is 0.918. The van der Waals surface area contributed by atoms with E-state index in [1.165, 1.54) is 42.1 Å². The fourth-order valence-electron chi connectivity index (χ4n) is 2.07. The van der Waals surface area contributed by atoms with Crippen LogP contribution in [0.5, 0.6) is 0 Å². The normalized spacial score (nSPS) is 18.3. The van der Waals surface area contributed by atoms with Crippen molar-refractivity contribution in [1.82, 2.24) is 4.90 Å². The highest BCUT2D eigenvalue weighted by molar-refractivity contribution is 7.99. The van der Waals surface area contributed by atoms with Crippen molar-refractivity contribution < 1.29 is 0 Å². The molecule has 2 rings (SSSR count). The van der Waals surface area contributed by atoms with Gasteiger partial charge in [0.1, 0.15) is 0 Å². The number of anilines is 1. The zero-order valence-electron chi connectivity index (χ0n) is 9.91. The lowest BCUT2D eigenvalue weighted by atomic mass is 10.1. The van der Waals surface area contributed by atoms with Gasteiger partial charge < -0.3 is 5.73 Å². The third-order valence-corrected chi connectivity index (χ3v) is 4.25. The van der Waals surface area contributed by atoms with Crippen LogP contribution < -0.4 is 5.73 Å². The van der Waals surface area contributed by atoms with Gasteiger partial charge in [-0.2, -0.15) is 11.8 Å². The van der Waals surface area contributed by atoms with Crippen molar-refractivity contribution in [2.24, 2.45) is 0 Å². The largest absolute Gasteiger partial charge is 0.399 e. The number of rotatable bonds is 2. The Hall–Kier alpha value is -0.670. The third-order valence-electron chi connectivity index (χ3n) is 3.20. The van der Waals surface area contributed by atoms with E-state index in [2.05, 4.69) is 35.7 Å². The molecular weight excluding hydrogens is 216 g/mol. The Balaban J connectivity index is 2.04. The quantitative estimate of drug-likeness (QED) is 0.800. The lowest BCUT2D eigenvalue weighted by Crippen LogP contribution is -2.25. The highest BCUT2D eigenvalue weighted by Gasteiger charge is 2.11. The second-order valence-electron chi connectivity index (χ2n) is 4.37. The average Bonchev–Trinajstić information content (AvgIpc) is 2.53. The second-order valence-corrected chi connectivity index (χ2v) is 5.60. The van der Waals surface area contributed by atoms with Crippen LogP contribution in [0, 0.1) is 6.92 Å². The van der Waals surface area contributed by atoms with E-state index >= 15 is 0 Å². The first-order valence-corrected chi connectivity index (χ1v) is 7.07. The summed E-state index contributed by atoms with van der Waals surface area (Å²) in [6.45, 7) is 5.61. The fraction of sp³-hybridized carbons (Fsp3) is 0.538. The molecule has 1 aromatic carbocycles. The molecule has 0 bridgehead atoms. The van der Waals surface area contributed by atoms with E-state index in [1.807, 2.05) is 6.07 Å². The predicted octanol–water partition coefficient (Wildman–Crippen LogP) is 2.52. The molecule has 1 saturated heterocycles. The number of nitrogens with zero attached hydrogens (tertiary/aromatic N) is 1. The lowest BCUT2D eigenvalue weighted by molar-refractivity contribution is 0.287. The Kier molecular flexibility index (Phi) is 4.13. The number of hydrogen-bond donors (Lipinski definition) is 1. The summed E-state index contributed by atoms with van der Waals surface area (Å²) in [5.74, 6) is 2.58. The molecule has 1 fully saturated rings. The van der Waals surface area contributed by atoms with Crippen LogP contribution in [-0.4, -0.2) is 29.5 Å². The standard InChI is InChI=1S/C13H20N2S/c1-11-12(4-2-5-13(11)14)10-15-6-3-8-16-9-7-15/h2,4-5H,3,6-10,14H2,1H3. The molecule has 1 heterocycles. The maximum atomic E-state index is 5.93. The number of nitrogen functional groups attached to an aromatic ring is 1. The maximum absolute atomic E-state index is 5.93. The highest BCUT2D eigenvalue weighted by Crippen LogP contribution is 2.19. The predicted molar refractivity (Wildman–Crippen MR) is 72.8 cm³/mol. The molecule has 88 valence electrons. The number of nitrogens with two attached hydrogens (primary N) is 1. The summed E-state index contributed by atoms with van der Waals surface area (Å²) < 4.78 is 0. The Morgan fingerprint density at radius 1 is 1.31 bits per heavy atom. The highest BCUT2D eigenvalue weighted by atomic mass is 32.2. The van der Waals surface area contributed by atoms with Gasteiger partial charge >= 0.3 is 0 Å². The Morgan fingerprint density at radius 2 is 2.19 bits per heavy atom. The van der Waals surface area contributed by atoms with Crippen molar-refractivity contribution in [3.63, 3.8) is 0 Å². The molecule has 0 aliphatic carbocycles. The first kappa shape index (κ1) is 11.8. The molecule has 0 unspecified atom stereocenters. The van der Waals surface area contributed by atoms with Crippen LogP contribution in [0.1, 0.15) is 17.5 Å². The Labute approximate surface area is 102 Å². The van der Waals surface area contributed by atoms with Crippen molar-refractivity contribution in [3.8, 4) is 0 Å². The summed E-state index contributed by atoms with van der Waals surface area (Å²) in [6, 6.07) is 6.24. The van der Waals surface area contributed by atoms with Gasteiger partial charge in [-0.1, -0.05) is 12.1 Å². The van der Waals surface area contributed by atoms with Crippen LogP contribution in [0.25, 0.3) is 0 Å². The molecule has 0 saturated carbocycles. The third kappa shape index (κ3) is 2.92. The molecule has 0 atom stereocenters. The zero-order valence-corrected chi connectivity index (χ0v) is 10.7. The minimum atomic E-state index is 0.918. The SMILES string of the molecule is Cc1c(N)cccc1CN1CCCSCC1. The first-order chi connectivity index (χ1) is 7.77. The van der Waals surface area contributed by atoms with Gasteiger partial charge in [-0.05, 0) is 42.8 Å². The summed E-state index contributed by atoms with van der Waals surface area (Å²) in [5, 5.41) is 0. The molecule has 1 aliphatic rings. The Morgan fingerprint density at radius 3 is 3.06 bits per heavy atom. The van der Waals surface area contributed by atoms with Gasteiger partial charge in [0.15, 0.2) is 0 Å². The molecule has 0 spiro atoms. The molecule has 0 amide bonds. The molecule has 1 aromatic rings. The number of thioether (sulfide) groups is 1. The second kappa shape index (κ2) is 5.60. The zero-order chi connectivity index (χ0) is 11.4. The van der Waals surface area contributed by atoms with Crippen molar-refractivity contribution in [2.45, 2.75) is 19.9 Å². The van der Waals surface area contributed by atoms with Gasteiger partial charge in [0.05, 0.1) is 0 Å². The monoisotopic (exact) mass is 236 g/mol. The van der Waals surface area contributed by atoms with Crippen molar-refractivity contribution in [1.29, 1.82) is 0 Å². The summed E-state index contributed by atoms with van der Waals surface area (Å²) in [6.07, 6.45) is 1.31. The summed E-state index contributed by atoms with van der Waals surface area (Å²) in [5.41, 5.74) is 9.48. The van der Waals surface area contributed by atoms with Crippen LogP contribution in [-0.2, 0) is 6.54 Å². The van der Waals surface area contributed by atoms with Crippen molar-refractivity contribution >= 4 is 17.4 Å². The number of hydrogen-bond acceptors (Lipinski definition) is 3. The van der Waals surface area contributed by atoms with E-state index in [4.69, 9.17) is 5.73 Å². The van der Waals surface area contributed by atoms with E-state index in [0.29, 0.717) is 0 Å². The summed E-state index contributed by atoms with van der Waals surface area (Å²) in [7, 11) is 0. The van der Waals surface area contributed by atoms with E-state index in [0.717, 1.165) is 12.2 Å². The van der Waals surface area contributed by atoms with Gasteiger partial charge in [0.2, 0.25) is 0 Å². The van der Waals surface area contributed by atoms with Gasteiger partial charge in [0.25, 0.3) is 0 Å². The van der Waals surface area contributed by atoms with E-state index in [1.54, 1.807) is 0 Å². The molecule has 0 radical (unpaired) electrons. The van der Waals surface area contributed by atoms with Crippen molar-refractivity contribution in [2.75, 3.05) is 30.3 Å². The van der Waals surface area contributed by atoms with Crippen LogP contribution in [0.2, 0.25) is 0 Å². The summed E-state index contributed by atoms with van der Waals surface area (Å²) in [4.78, 5) is 2.54. The molecule has 2 N–H and O–H groups in total. The maximum Gasteiger partial charge on any atom is 0.0346 e. The van der Waals surface area contributed by atoms with Gasteiger partial charge in [0, 0.05) is 24.5 Å². The molecule has 0 aromatic heterocycles. The van der Waals surface area contributed by atoms with E-state index in [-0.39, 0.29) is 0 Å². The van der Waals surface area contributed by atoms with E-state index in [9.17, 15) is 0 Å². The smallest absolute Gasteiger partial charge is 0.0346 e. The lowest BCUT2D eigenvalue weighted by Gasteiger charge is -2.21. The van der Waals surface area contributed by atoms with Gasteiger partial charge in [-0.15, -0.1) is 0 Å². The van der Waals surface area contributed by atoms with Crippen LogP contribution in [0.15, 0.2) is 18.2 Å². The van der Waals surface area contributed by atoms with Crippen molar-refractivity contribution in [3.05, 3.63) is 29.3 Å². The van der Waals surface area contributed by atoms with E-state index < -0.39 is 0 Å². The van der Waals surface area contributed by atoms with Gasteiger partial charge in [-0.3, -0.25) is 4.90 Å². The Bertz CT molecular complexity index is 344. The molecule has 1 aliphatic heterocycles. The van der Waals surface area contributed by atoms with Gasteiger partial charge in [-0.25, -0.2) is 0 Å². The number of benzene rings is 1.